The summed E-state index contributed by atoms with van der Waals surface area (Å²) in [5, 5.41) is 3.44. The van der Waals surface area contributed by atoms with E-state index in [1.807, 2.05) is 0 Å². The zero-order valence-corrected chi connectivity index (χ0v) is 21.2. The van der Waals surface area contributed by atoms with E-state index < -0.39 is 39.6 Å². The molecule has 0 spiro atoms. The van der Waals surface area contributed by atoms with Gasteiger partial charge in [-0.2, -0.15) is 0 Å². The Labute approximate surface area is 199 Å². The Morgan fingerprint density at radius 1 is 1.09 bits per heavy atom. The number of ether oxygens (including phenoxy) is 1. The molecule has 32 heavy (non-hydrogen) atoms. The first-order valence-electron chi connectivity index (χ1n) is 10.1. The average molecular weight is 503 g/mol. The van der Waals surface area contributed by atoms with Crippen LogP contribution in [0, 0.1) is 0 Å². The van der Waals surface area contributed by atoms with Gasteiger partial charge in [0.1, 0.15) is 5.75 Å². The highest BCUT2D eigenvalue weighted by Crippen LogP contribution is 2.43. The summed E-state index contributed by atoms with van der Waals surface area (Å²) in [5.74, 6) is -3.02. The molecule has 0 amide bonds. The molecule has 0 bridgehead atoms. The molecule has 1 atom stereocenters. The molecule has 0 fully saturated rings. The van der Waals surface area contributed by atoms with E-state index in [2.05, 4.69) is 10.0 Å². The summed E-state index contributed by atoms with van der Waals surface area (Å²) < 4.78 is 32.8. The van der Waals surface area contributed by atoms with Crippen molar-refractivity contribution >= 4 is 45.0 Å². The third-order valence-electron chi connectivity index (χ3n) is 4.65. The Bertz CT molecular complexity index is 1090. The van der Waals surface area contributed by atoms with Gasteiger partial charge in [-0.15, -0.1) is 0 Å². The number of Topliss-reactive ketones (excluding diaryl/α,β-unsaturated/α-hetero) is 1. The molecule has 0 aromatic heterocycles. The number of halogens is 2. The van der Waals surface area contributed by atoms with Crippen LogP contribution in [0.25, 0.3) is 0 Å². The molecule has 1 aromatic carbocycles. The van der Waals surface area contributed by atoms with Gasteiger partial charge in [0.25, 0.3) is 0 Å². The molecule has 1 aromatic rings. The van der Waals surface area contributed by atoms with E-state index in [0.717, 1.165) is 0 Å². The molecule has 7 nitrogen and oxygen atoms in total. The number of nitrogens with one attached hydrogen (secondary N) is 2. The summed E-state index contributed by atoms with van der Waals surface area (Å²) in [6.07, 6.45) is -0.403. The fourth-order valence-electron chi connectivity index (χ4n) is 3.62. The lowest BCUT2D eigenvalue weighted by Crippen LogP contribution is -2.38. The lowest BCUT2D eigenvalue weighted by atomic mass is 9.79. The van der Waals surface area contributed by atoms with E-state index in [-0.39, 0.29) is 27.2 Å². The van der Waals surface area contributed by atoms with Gasteiger partial charge in [-0.1, -0.05) is 35.3 Å². The number of carbonyl (C=O) groups is 2. The molecule has 176 valence electrons. The van der Waals surface area contributed by atoms with E-state index >= 15 is 0 Å². The Morgan fingerprint density at radius 3 is 2.25 bits per heavy atom. The fraction of sp³-hybridized carbons (Fsp3) is 0.455. The molecule has 2 N–H and O–H groups in total. The molecule has 1 aliphatic heterocycles. The van der Waals surface area contributed by atoms with Gasteiger partial charge in [0.05, 0.1) is 21.7 Å². The number of rotatable bonds is 8. The predicted molar refractivity (Wildman–Crippen MR) is 126 cm³/mol. The van der Waals surface area contributed by atoms with Crippen LogP contribution >= 0.6 is 23.2 Å². The minimum absolute atomic E-state index is 0.115. The zero-order chi connectivity index (χ0) is 24.4. The minimum atomic E-state index is -3.90. The number of hydrogen-bond acceptors (Lipinski definition) is 6. The standard InChI is InChI=1S/C22H28Cl2N2O5S/c1-11(2)26-32(29,30)10-17(27)18-13(5)25-14(6)19(22(28)31-12(3)4)20(18)15-8-7-9-16(23)21(15)24/h7-9,11-12,20,25-26H,10H2,1-6H3. The van der Waals surface area contributed by atoms with Gasteiger partial charge in [0.2, 0.25) is 10.0 Å². The van der Waals surface area contributed by atoms with E-state index in [4.69, 9.17) is 27.9 Å². The molecular formula is C22H28Cl2N2O5S. The van der Waals surface area contributed by atoms with Crippen molar-refractivity contribution in [3.63, 3.8) is 0 Å². The molecule has 2 rings (SSSR count). The summed E-state index contributed by atoms with van der Waals surface area (Å²) >= 11 is 12.7. The largest absolute Gasteiger partial charge is 0.460 e. The molecule has 0 saturated heterocycles. The van der Waals surface area contributed by atoms with Crippen LogP contribution in [0.15, 0.2) is 40.7 Å². The Balaban J connectivity index is 2.67. The lowest BCUT2D eigenvalue weighted by Gasteiger charge is -2.32. The topological polar surface area (TPSA) is 102 Å². The second kappa shape index (κ2) is 10.4. The average Bonchev–Trinajstić information content (AvgIpc) is 2.60. The smallest absolute Gasteiger partial charge is 0.337 e. The highest BCUT2D eigenvalue weighted by Gasteiger charge is 2.39. The van der Waals surface area contributed by atoms with Crippen molar-refractivity contribution in [1.82, 2.24) is 10.0 Å². The van der Waals surface area contributed by atoms with Crippen LogP contribution in [0.1, 0.15) is 53.0 Å². The summed E-state index contributed by atoms with van der Waals surface area (Å²) in [4.78, 5) is 26.4. The molecule has 1 unspecified atom stereocenters. The van der Waals surface area contributed by atoms with Crippen molar-refractivity contribution in [2.75, 3.05) is 5.75 Å². The molecule has 1 heterocycles. The Morgan fingerprint density at radius 2 is 1.69 bits per heavy atom. The first-order valence-corrected chi connectivity index (χ1v) is 12.5. The van der Waals surface area contributed by atoms with Crippen LogP contribution in [0.4, 0.5) is 0 Å². The quantitative estimate of drug-likeness (QED) is 0.519. The summed E-state index contributed by atoms with van der Waals surface area (Å²) in [5.41, 5.74) is 1.60. The predicted octanol–water partition coefficient (Wildman–Crippen LogP) is 4.08. The van der Waals surface area contributed by atoms with Gasteiger partial charge >= 0.3 is 5.97 Å². The van der Waals surface area contributed by atoms with E-state index in [0.29, 0.717) is 17.0 Å². The summed E-state index contributed by atoms with van der Waals surface area (Å²) in [6.45, 7) is 10.1. The fourth-order valence-corrected chi connectivity index (χ4v) is 5.34. The van der Waals surface area contributed by atoms with Gasteiger partial charge in [-0.3, -0.25) is 4.79 Å². The number of carbonyl (C=O) groups excluding carboxylic acids is 2. The van der Waals surface area contributed by atoms with E-state index in [1.54, 1.807) is 59.7 Å². The Hall–Kier alpha value is -1.87. The van der Waals surface area contributed by atoms with Gasteiger partial charge < -0.3 is 10.1 Å². The highest BCUT2D eigenvalue weighted by atomic mass is 35.5. The van der Waals surface area contributed by atoms with Gasteiger partial charge in [-0.25, -0.2) is 17.9 Å². The first-order chi connectivity index (χ1) is 14.7. The number of esters is 1. The maximum absolute atomic E-state index is 13.3. The maximum atomic E-state index is 13.3. The number of sulfonamides is 1. The molecular weight excluding hydrogens is 475 g/mol. The highest BCUT2D eigenvalue weighted by molar-refractivity contribution is 7.90. The van der Waals surface area contributed by atoms with Gasteiger partial charge in [-0.05, 0) is 53.2 Å². The SMILES string of the molecule is CC1=C(C(=O)CS(=O)(=O)NC(C)C)C(c2cccc(Cl)c2Cl)C(C(=O)OC(C)C)=C(C)N1. The van der Waals surface area contributed by atoms with Crippen LogP contribution in [0.3, 0.4) is 0 Å². The summed E-state index contributed by atoms with van der Waals surface area (Å²) in [7, 11) is -3.90. The van der Waals surface area contributed by atoms with Gasteiger partial charge in [0, 0.05) is 28.9 Å². The van der Waals surface area contributed by atoms with Crippen molar-refractivity contribution in [1.29, 1.82) is 0 Å². The monoisotopic (exact) mass is 502 g/mol. The van der Waals surface area contributed by atoms with E-state index in [9.17, 15) is 18.0 Å². The third kappa shape index (κ3) is 6.13. The molecule has 0 saturated carbocycles. The van der Waals surface area contributed by atoms with Crippen LogP contribution in [-0.4, -0.2) is 38.1 Å². The second-order valence-electron chi connectivity index (χ2n) is 8.19. The van der Waals surface area contributed by atoms with E-state index in [1.165, 1.54) is 0 Å². The van der Waals surface area contributed by atoms with Crippen molar-refractivity contribution < 1.29 is 22.7 Å². The second-order valence-corrected chi connectivity index (χ2v) is 10.7. The number of hydrogen-bond donors (Lipinski definition) is 2. The Kier molecular flexibility index (Phi) is 8.56. The maximum Gasteiger partial charge on any atom is 0.337 e. The number of benzene rings is 1. The van der Waals surface area contributed by atoms with Crippen molar-refractivity contribution in [3.05, 3.63) is 56.3 Å². The molecule has 0 aliphatic carbocycles. The van der Waals surface area contributed by atoms with Crippen LogP contribution in [0.2, 0.25) is 10.0 Å². The lowest BCUT2D eigenvalue weighted by molar-refractivity contribution is -0.143. The molecule has 0 radical (unpaired) electrons. The van der Waals surface area contributed by atoms with Crippen molar-refractivity contribution in [3.8, 4) is 0 Å². The molecule has 10 heteroatoms. The first kappa shape index (κ1) is 26.4. The van der Waals surface area contributed by atoms with Crippen LogP contribution in [0.5, 0.6) is 0 Å². The number of ketones is 1. The summed E-state index contributed by atoms with van der Waals surface area (Å²) in [6, 6.07) is 4.53. The number of dihydropyridines is 1. The third-order valence-corrected chi connectivity index (χ3v) is 6.96. The van der Waals surface area contributed by atoms with Crippen molar-refractivity contribution in [2.45, 2.75) is 59.6 Å². The van der Waals surface area contributed by atoms with Gasteiger partial charge in [0.15, 0.2) is 5.78 Å². The van der Waals surface area contributed by atoms with Crippen LogP contribution in [-0.2, 0) is 24.3 Å². The van der Waals surface area contributed by atoms with Crippen molar-refractivity contribution in [2.24, 2.45) is 0 Å². The zero-order valence-electron chi connectivity index (χ0n) is 18.9. The molecule has 1 aliphatic rings. The minimum Gasteiger partial charge on any atom is -0.460 e. The normalized spacial score (nSPS) is 17.1. The van der Waals surface area contributed by atoms with Crippen LogP contribution < -0.4 is 10.0 Å². The number of allylic oxidation sites excluding steroid dienone is 3.